The number of thioether (sulfide) groups is 1. The van der Waals surface area contributed by atoms with E-state index in [1.165, 1.54) is 0 Å². The van der Waals surface area contributed by atoms with E-state index in [0.717, 1.165) is 41.6 Å². The first-order chi connectivity index (χ1) is 11.5. The number of pyridine rings is 1. The molecular formula is C17H19N3O3S. The molecule has 0 unspecified atom stereocenters. The highest BCUT2D eigenvalue weighted by Crippen LogP contribution is 2.32. The van der Waals surface area contributed by atoms with Crippen molar-refractivity contribution < 1.29 is 14.4 Å². The van der Waals surface area contributed by atoms with E-state index in [1.807, 2.05) is 19.1 Å². The third-order valence-electron chi connectivity index (χ3n) is 4.06. The molecule has 0 spiro atoms. The number of amides is 3. The fraction of sp³-hybridized carbons (Fsp3) is 0.412. The van der Waals surface area contributed by atoms with Gasteiger partial charge in [0.05, 0.1) is 10.6 Å². The van der Waals surface area contributed by atoms with Gasteiger partial charge in [-0.2, -0.15) is 0 Å². The van der Waals surface area contributed by atoms with Crippen LogP contribution in [-0.2, 0) is 9.59 Å². The average Bonchev–Trinajstić information content (AvgIpc) is 2.83. The predicted molar refractivity (Wildman–Crippen MR) is 92.1 cm³/mol. The van der Waals surface area contributed by atoms with Crippen LogP contribution in [0.1, 0.15) is 30.7 Å². The molecule has 2 saturated heterocycles. The van der Waals surface area contributed by atoms with Crippen molar-refractivity contribution in [1.82, 2.24) is 14.8 Å². The Morgan fingerprint density at radius 1 is 1.25 bits per heavy atom. The molecule has 24 heavy (non-hydrogen) atoms. The van der Waals surface area contributed by atoms with Crippen LogP contribution in [0.15, 0.2) is 23.1 Å². The number of rotatable bonds is 3. The van der Waals surface area contributed by atoms with E-state index in [4.69, 9.17) is 0 Å². The van der Waals surface area contributed by atoms with Gasteiger partial charge in [-0.05, 0) is 56.2 Å². The number of imide groups is 1. The monoisotopic (exact) mass is 345 g/mol. The number of hydrogen-bond donors (Lipinski definition) is 0. The van der Waals surface area contributed by atoms with Crippen molar-refractivity contribution >= 4 is 34.9 Å². The molecule has 1 aromatic heterocycles. The van der Waals surface area contributed by atoms with Crippen LogP contribution in [-0.4, -0.2) is 51.5 Å². The summed E-state index contributed by atoms with van der Waals surface area (Å²) in [6.45, 7) is 3.10. The normalized spacial score (nSPS) is 20.1. The summed E-state index contributed by atoms with van der Waals surface area (Å²) >= 11 is 0.859. The quantitative estimate of drug-likeness (QED) is 0.787. The Morgan fingerprint density at radius 2 is 2.00 bits per heavy atom. The van der Waals surface area contributed by atoms with Crippen molar-refractivity contribution in [3.8, 4) is 0 Å². The zero-order valence-electron chi connectivity index (χ0n) is 13.5. The number of aryl methyl sites for hydroxylation is 1. The van der Waals surface area contributed by atoms with Crippen molar-refractivity contribution in [2.24, 2.45) is 0 Å². The highest BCUT2D eigenvalue weighted by atomic mass is 32.2. The third-order valence-corrected chi connectivity index (χ3v) is 4.97. The van der Waals surface area contributed by atoms with Gasteiger partial charge in [0.2, 0.25) is 5.91 Å². The van der Waals surface area contributed by atoms with Crippen molar-refractivity contribution in [3.63, 3.8) is 0 Å². The Balaban J connectivity index is 1.71. The fourth-order valence-electron chi connectivity index (χ4n) is 2.79. The molecule has 2 aliphatic rings. The lowest BCUT2D eigenvalue weighted by Gasteiger charge is -2.27. The summed E-state index contributed by atoms with van der Waals surface area (Å²) in [4.78, 5) is 44.2. The molecule has 0 bridgehead atoms. The lowest BCUT2D eigenvalue weighted by molar-refractivity contribution is -0.136. The van der Waals surface area contributed by atoms with E-state index < -0.39 is 11.1 Å². The average molecular weight is 345 g/mol. The van der Waals surface area contributed by atoms with Crippen LogP contribution in [0.4, 0.5) is 4.79 Å². The molecule has 0 radical (unpaired) electrons. The third kappa shape index (κ3) is 3.67. The van der Waals surface area contributed by atoms with Crippen LogP contribution in [0.2, 0.25) is 0 Å². The molecule has 0 saturated carbocycles. The second-order valence-corrected chi connectivity index (χ2v) is 6.91. The van der Waals surface area contributed by atoms with Crippen LogP contribution in [0.3, 0.4) is 0 Å². The van der Waals surface area contributed by atoms with Gasteiger partial charge in [0.15, 0.2) is 0 Å². The van der Waals surface area contributed by atoms with E-state index in [-0.39, 0.29) is 12.5 Å². The first kappa shape index (κ1) is 16.7. The SMILES string of the molecule is Cc1cccc(/C=C2\SC(=O)N(CC(=O)N3CCCCC3)C2=O)n1. The Bertz CT molecular complexity index is 711. The Kier molecular flexibility index (Phi) is 4.99. The lowest BCUT2D eigenvalue weighted by Crippen LogP contribution is -2.44. The Hall–Kier alpha value is -2.15. The maximum absolute atomic E-state index is 12.4. The molecule has 3 amide bonds. The van der Waals surface area contributed by atoms with Gasteiger partial charge < -0.3 is 4.90 Å². The summed E-state index contributed by atoms with van der Waals surface area (Å²) in [6, 6.07) is 5.48. The van der Waals surface area contributed by atoms with Gasteiger partial charge in [0, 0.05) is 18.8 Å². The molecule has 126 valence electrons. The van der Waals surface area contributed by atoms with Crippen molar-refractivity contribution in [2.45, 2.75) is 26.2 Å². The van der Waals surface area contributed by atoms with Crippen molar-refractivity contribution in [3.05, 3.63) is 34.5 Å². The molecular weight excluding hydrogens is 326 g/mol. The molecule has 0 N–H and O–H groups in total. The Morgan fingerprint density at radius 3 is 2.71 bits per heavy atom. The van der Waals surface area contributed by atoms with Gasteiger partial charge in [-0.15, -0.1) is 0 Å². The zero-order valence-corrected chi connectivity index (χ0v) is 14.3. The highest BCUT2D eigenvalue weighted by molar-refractivity contribution is 8.18. The summed E-state index contributed by atoms with van der Waals surface area (Å²) in [7, 11) is 0. The number of piperidine rings is 1. The molecule has 3 heterocycles. The fourth-order valence-corrected chi connectivity index (χ4v) is 3.62. The van der Waals surface area contributed by atoms with E-state index in [9.17, 15) is 14.4 Å². The van der Waals surface area contributed by atoms with E-state index >= 15 is 0 Å². The number of aromatic nitrogens is 1. The number of carbonyl (C=O) groups excluding carboxylic acids is 3. The Labute approximate surface area is 144 Å². The van der Waals surface area contributed by atoms with Crippen LogP contribution < -0.4 is 0 Å². The van der Waals surface area contributed by atoms with E-state index in [0.29, 0.717) is 23.7 Å². The zero-order chi connectivity index (χ0) is 17.1. The van der Waals surface area contributed by atoms with Gasteiger partial charge in [0.25, 0.3) is 11.1 Å². The summed E-state index contributed by atoms with van der Waals surface area (Å²) in [5.74, 6) is -0.578. The summed E-state index contributed by atoms with van der Waals surface area (Å²) in [5, 5.41) is -0.399. The first-order valence-corrected chi connectivity index (χ1v) is 8.83. The first-order valence-electron chi connectivity index (χ1n) is 8.01. The van der Waals surface area contributed by atoms with Gasteiger partial charge in [-0.1, -0.05) is 6.07 Å². The van der Waals surface area contributed by atoms with Crippen LogP contribution in [0, 0.1) is 6.92 Å². The summed E-state index contributed by atoms with van der Waals surface area (Å²) in [5.41, 5.74) is 1.46. The van der Waals surface area contributed by atoms with Gasteiger partial charge in [-0.25, -0.2) is 0 Å². The number of nitrogens with zero attached hydrogens (tertiary/aromatic N) is 3. The molecule has 0 aromatic carbocycles. The molecule has 1 aromatic rings. The van der Waals surface area contributed by atoms with Crippen LogP contribution in [0.5, 0.6) is 0 Å². The standard InChI is InChI=1S/C17H19N3O3S/c1-12-6-5-7-13(18-12)10-14-16(22)20(17(23)24-14)11-15(21)19-8-3-2-4-9-19/h5-7,10H,2-4,8-9,11H2,1H3/b14-10-. The lowest BCUT2D eigenvalue weighted by atomic mass is 10.1. The molecule has 3 rings (SSSR count). The van der Waals surface area contributed by atoms with E-state index in [1.54, 1.807) is 17.0 Å². The smallest absolute Gasteiger partial charge is 0.294 e. The van der Waals surface area contributed by atoms with Crippen LogP contribution >= 0.6 is 11.8 Å². The maximum Gasteiger partial charge on any atom is 0.294 e. The summed E-state index contributed by atoms with van der Waals surface area (Å²) < 4.78 is 0. The molecule has 2 fully saturated rings. The topological polar surface area (TPSA) is 70.6 Å². The van der Waals surface area contributed by atoms with Gasteiger partial charge >= 0.3 is 0 Å². The predicted octanol–water partition coefficient (Wildman–Crippen LogP) is 2.44. The minimum Gasteiger partial charge on any atom is -0.341 e. The second kappa shape index (κ2) is 7.17. The summed E-state index contributed by atoms with van der Waals surface area (Å²) in [6.07, 6.45) is 4.68. The minimum absolute atomic E-state index is 0.160. The molecule has 7 heteroatoms. The molecule has 2 aliphatic heterocycles. The number of carbonyl (C=O) groups is 3. The van der Waals surface area contributed by atoms with Crippen molar-refractivity contribution in [1.29, 1.82) is 0 Å². The number of likely N-dealkylation sites (tertiary alicyclic amines) is 1. The van der Waals surface area contributed by atoms with E-state index in [2.05, 4.69) is 4.98 Å². The molecule has 0 aliphatic carbocycles. The molecule has 6 nitrogen and oxygen atoms in total. The van der Waals surface area contributed by atoms with Crippen molar-refractivity contribution in [2.75, 3.05) is 19.6 Å². The maximum atomic E-state index is 12.4. The highest BCUT2D eigenvalue weighted by Gasteiger charge is 2.37. The number of hydrogen-bond acceptors (Lipinski definition) is 5. The van der Waals surface area contributed by atoms with Gasteiger partial charge in [0.1, 0.15) is 6.54 Å². The van der Waals surface area contributed by atoms with Crippen LogP contribution in [0.25, 0.3) is 6.08 Å². The minimum atomic E-state index is -0.418. The molecule has 0 atom stereocenters. The second-order valence-electron chi connectivity index (χ2n) is 5.91. The largest absolute Gasteiger partial charge is 0.341 e. The van der Waals surface area contributed by atoms with Gasteiger partial charge in [-0.3, -0.25) is 24.3 Å².